The van der Waals surface area contributed by atoms with E-state index in [2.05, 4.69) is 4.72 Å². The molecule has 1 aliphatic carbocycles. The van der Waals surface area contributed by atoms with Crippen molar-refractivity contribution in [2.24, 2.45) is 0 Å². The van der Waals surface area contributed by atoms with Gasteiger partial charge in [0, 0.05) is 13.7 Å². The molecule has 118 valence electrons. The van der Waals surface area contributed by atoms with Crippen LogP contribution >= 0.6 is 0 Å². The highest BCUT2D eigenvalue weighted by atomic mass is 32.2. The number of methoxy groups -OCH3 is 1. The van der Waals surface area contributed by atoms with Gasteiger partial charge in [0.15, 0.2) is 0 Å². The van der Waals surface area contributed by atoms with E-state index in [1.165, 1.54) is 12.1 Å². The molecular formula is C14H21NO5S. The molecule has 0 saturated heterocycles. The highest BCUT2D eigenvalue weighted by Gasteiger charge is 2.37. The van der Waals surface area contributed by atoms with Crippen LogP contribution in [0.25, 0.3) is 0 Å². The molecule has 1 fully saturated rings. The maximum Gasteiger partial charge on any atom is 0.240 e. The summed E-state index contributed by atoms with van der Waals surface area (Å²) in [5, 5.41) is 8.67. The van der Waals surface area contributed by atoms with Crippen LogP contribution in [-0.4, -0.2) is 46.0 Å². The van der Waals surface area contributed by atoms with Gasteiger partial charge in [-0.25, -0.2) is 13.1 Å². The maximum absolute atomic E-state index is 12.2. The minimum absolute atomic E-state index is 0.0826. The number of aliphatic hydroxyl groups is 1. The molecule has 0 bridgehead atoms. The molecule has 6 nitrogen and oxygen atoms in total. The molecule has 1 saturated carbocycles. The lowest BCUT2D eigenvalue weighted by molar-refractivity contribution is -0.0659. The summed E-state index contributed by atoms with van der Waals surface area (Å²) in [6, 6.07) is 6.10. The molecule has 0 atom stereocenters. The van der Waals surface area contributed by atoms with Crippen molar-refractivity contribution in [1.82, 2.24) is 4.72 Å². The predicted molar refractivity (Wildman–Crippen MR) is 77.8 cm³/mol. The molecule has 7 heteroatoms. The smallest absolute Gasteiger partial charge is 0.240 e. The Hall–Kier alpha value is -1.15. The molecule has 2 N–H and O–H groups in total. The normalized spacial score (nSPS) is 17.2. The zero-order chi connectivity index (χ0) is 15.3. The molecule has 0 unspecified atom stereocenters. The molecule has 1 aliphatic rings. The number of hydrogen-bond donors (Lipinski definition) is 2. The third-order valence-electron chi connectivity index (χ3n) is 3.78. The fraction of sp³-hybridized carbons (Fsp3) is 0.571. The quantitative estimate of drug-likeness (QED) is 0.745. The van der Waals surface area contributed by atoms with E-state index >= 15 is 0 Å². The van der Waals surface area contributed by atoms with Gasteiger partial charge in [0.1, 0.15) is 12.4 Å². The van der Waals surface area contributed by atoms with E-state index in [0.29, 0.717) is 5.75 Å². The first kappa shape index (κ1) is 16.2. The van der Waals surface area contributed by atoms with Crippen LogP contribution in [0.15, 0.2) is 29.2 Å². The molecule has 0 aromatic heterocycles. The van der Waals surface area contributed by atoms with Crippen LogP contribution in [0.5, 0.6) is 5.75 Å². The molecule has 0 heterocycles. The molecule has 1 aromatic carbocycles. The second kappa shape index (κ2) is 6.74. The molecule has 2 rings (SSSR count). The Morgan fingerprint density at radius 2 is 1.95 bits per heavy atom. The van der Waals surface area contributed by atoms with Crippen molar-refractivity contribution in [1.29, 1.82) is 0 Å². The summed E-state index contributed by atoms with van der Waals surface area (Å²) in [7, 11) is -1.94. The van der Waals surface area contributed by atoms with Crippen molar-refractivity contribution < 1.29 is 23.0 Å². The zero-order valence-corrected chi connectivity index (χ0v) is 12.9. The fourth-order valence-corrected chi connectivity index (χ4v) is 3.33. The van der Waals surface area contributed by atoms with E-state index in [1.54, 1.807) is 19.2 Å². The molecule has 0 spiro atoms. The average molecular weight is 315 g/mol. The first-order valence-corrected chi connectivity index (χ1v) is 8.38. The topological polar surface area (TPSA) is 84.9 Å². The fourth-order valence-electron chi connectivity index (χ4n) is 2.21. The van der Waals surface area contributed by atoms with Crippen molar-refractivity contribution in [2.75, 3.05) is 26.9 Å². The summed E-state index contributed by atoms with van der Waals surface area (Å²) in [5.74, 6) is 0.523. The largest absolute Gasteiger partial charge is 0.491 e. The highest BCUT2D eigenvalue weighted by molar-refractivity contribution is 7.89. The van der Waals surface area contributed by atoms with E-state index in [0.717, 1.165) is 19.3 Å². The van der Waals surface area contributed by atoms with Crippen LogP contribution < -0.4 is 9.46 Å². The summed E-state index contributed by atoms with van der Waals surface area (Å²) in [5.41, 5.74) is -0.350. The van der Waals surface area contributed by atoms with E-state index in [4.69, 9.17) is 14.6 Å². The van der Waals surface area contributed by atoms with Gasteiger partial charge in [0.2, 0.25) is 10.0 Å². The number of benzene rings is 1. The zero-order valence-electron chi connectivity index (χ0n) is 12.0. The van der Waals surface area contributed by atoms with Gasteiger partial charge in [-0.05, 0) is 43.5 Å². The van der Waals surface area contributed by atoms with E-state index < -0.39 is 10.0 Å². The Morgan fingerprint density at radius 1 is 1.29 bits per heavy atom. The maximum atomic E-state index is 12.2. The Balaban J connectivity index is 1.98. The van der Waals surface area contributed by atoms with Crippen molar-refractivity contribution >= 4 is 10.0 Å². The van der Waals surface area contributed by atoms with Gasteiger partial charge in [-0.3, -0.25) is 0 Å². The van der Waals surface area contributed by atoms with Crippen LogP contribution in [0, 0.1) is 0 Å². The summed E-state index contributed by atoms with van der Waals surface area (Å²) < 4.78 is 37.6. The summed E-state index contributed by atoms with van der Waals surface area (Å²) in [6.45, 7) is 0.385. The molecule has 21 heavy (non-hydrogen) atoms. The second-order valence-electron chi connectivity index (χ2n) is 5.11. The number of nitrogens with one attached hydrogen (secondary N) is 1. The minimum Gasteiger partial charge on any atom is -0.491 e. The van der Waals surface area contributed by atoms with E-state index in [-0.39, 0.29) is 30.3 Å². The number of ether oxygens (including phenoxy) is 2. The Morgan fingerprint density at radius 3 is 2.43 bits per heavy atom. The van der Waals surface area contributed by atoms with Crippen molar-refractivity contribution in [2.45, 2.75) is 29.8 Å². The van der Waals surface area contributed by atoms with Gasteiger partial charge >= 0.3 is 0 Å². The van der Waals surface area contributed by atoms with Crippen LogP contribution in [0.2, 0.25) is 0 Å². The van der Waals surface area contributed by atoms with Gasteiger partial charge in [-0.15, -0.1) is 0 Å². The van der Waals surface area contributed by atoms with Crippen LogP contribution in [-0.2, 0) is 14.8 Å². The number of hydrogen-bond acceptors (Lipinski definition) is 5. The van der Waals surface area contributed by atoms with Gasteiger partial charge in [0.25, 0.3) is 0 Å². The minimum atomic E-state index is -3.55. The van der Waals surface area contributed by atoms with Crippen molar-refractivity contribution in [3.63, 3.8) is 0 Å². The van der Waals surface area contributed by atoms with Gasteiger partial charge in [0.05, 0.1) is 17.1 Å². The van der Waals surface area contributed by atoms with Gasteiger partial charge < -0.3 is 14.6 Å². The van der Waals surface area contributed by atoms with E-state index in [9.17, 15) is 8.42 Å². The lowest BCUT2D eigenvalue weighted by Crippen LogP contribution is -2.49. The van der Waals surface area contributed by atoms with Gasteiger partial charge in [-0.2, -0.15) is 0 Å². The average Bonchev–Trinajstić information content (AvgIpc) is 2.45. The first-order valence-electron chi connectivity index (χ1n) is 6.90. The van der Waals surface area contributed by atoms with Crippen LogP contribution in [0.4, 0.5) is 0 Å². The van der Waals surface area contributed by atoms with E-state index in [1.807, 2.05) is 0 Å². The second-order valence-corrected chi connectivity index (χ2v) is 6.88. The Bertz CT molecular complexity index is 546. The molecule has 0 aliphatic heterocycles. The summed E-state index contributed by atoms with van der Waals surface area (Å²) in [4.78, 5) is 0.185. The van der Waals surface area contributed by atoms with Crippen LogP contribution in [0.3, 0.4) is 0 Å². The monoisotopic (exact) mass is 315 g/mol. The van der Waals surface area contributed by atoms with Crippen LogP contribution in [0.1, 0.15) is 19.3 Å². The number of aliphatic hydroxyl groups excluding tert-OH is 1. The summed E-state index contributed by atoms with van der Waals surface area (Å²) in [6.07, 6.45) is 2.81. The third-order valence-corrected chi connectivity index (χ3v) is 5.19. The van der Waals surface area contributed by atoms with Gasteiger partial charge in [-0.1, -0.05) is 0 Å². The molecule has 0 amide bonds. The highest BCUT2D eigenvalue weighted by Crippen LogP contribution is 2.34. The molecular weight excluding hydrogens is 294 g/mol. The summed E-state index contributed by atoms with van der Waals surface area (Å²) >= 11 is 0. The number of sulfonamides is 1. The predicted octanol–water partition coefficient (Wildman–Crippen LogP) is 0.905. The number of rotatable bonds is 8. The first-order chi connectivity index (χ1) is 10.0. The molecule has 1 aromatic rings. The lowest BCUT2D eigenvalue weighted by atomic mass is 9.80. The lowest BCUT2D eigenvalue weighted by Gasteiger charge is -2.40. The Kier molecular flexibility index (Phi) is 5.21. The Labute approximate surface area is 125 Å². The van der Waals surface area contributed by atoms with Crippen molar-refractivity contribution in [3.8, 4) is 5.75 Å². The third kappa shape index (κ3) is 3.94. The SMILES string of the molecule is COC1(CNS(=O)(=O)c2ccc(OCCO)cc2)CCC1. The standard InChI is InChI=1S/C14H21NO5S/c1-19-14(7-2-8-14)11-15-21(17,18)13-5-3-12(4-6-13)20-10-9-16/h3-6,15-16H,2,7-11H2,1H3. The van der Waals surface area contributed by atoms with Crippen molar-refractivity contribution in [3.05, 3.63) is 24.3 Å². The molecule has 0 radical (unpaired) electrons.